The maximum absolute atomic E-state index is 12.1. The number of hydrogen-bond acceptors (Lipinski definition) is 2. The third-order valence-corrected chi connectivity index (χ3v) is 4.09. The molecule has 3 nitrogen and oxygen atoms in total. The fourth-order valence-corrected chi connectivity index (χ4v) is 2.87. The summed E-state index contributed by atoms with van der Waals surface area (Å²) in [5.41, 5.74) is 0.346. The van der Waals surface area contributed by atoms with Gasteiger partial charge in [-0.2, -0.15) is 0 Å². The first-order chi connectivity index (χ1) is 9.96. The molecule has 2 N–H and O–H groups in total. The van der Waals surface area contributed by atoms with E-state index in [4.69, 9.17) is 0 Å². The SMILES string of the molecule is CC(C)C(Nc1cccc(Br)c1)(C(=O)O)c1ccccc1. The Morgan fingerprint density at radius 1 is 1.14 bits per heavy atom. The van der Waals surface area contributed by atoms with E-state index in [0.29, 0.717) is 0 Å². The summed E-state index contributed by atoms with van der Waals surface area (Å²) < 4.78 is 0.906. The first-order valence-electron chi connectivity index (χ1n) is 6.79. The average Bonchev–Trinajstić information content (AvgIpc) is 2.45. The molecule has 0 bridgehead atoms. The molecule has 0 fully saturated rings. The van der Waals surface area contributed by atoms with Gasteiger partial charge in [0, 0.05) is 10.2 Å². The molecule has 0 radical (unpaired) electrons. The monoisotopic (exact) mass is 347 g/mol. The highest BCUT2D eigenvalue weighted by atomic mass is 79.9. The van der Waals surface area contributed by atoms with Crippen molar-refractivity contribution in [3.63, 3.8) is 0 Å². The molecular weight excluding hydrogens is 330 g/mol. The van der Waals surface area contributed by atoms with Gasteiger partial charge in [0.15, 0.2) is 5.54 Å². The third-order valence-electron chi connectivity index (χ3n) is 3.60. The molecule has 110 valence electrons. The maximum atomic E-state index is 12.1. The van der Waals surface area contributed by atoms with Crippen molar-refractivity contribution in [2.75, 3.05) is 5.32 Å². The molecule has 0 amide bonds. The van der Waals surface area contributed by atoms with Gasteiger partial charge in [-0.1, -0.05) is 66.2 Å². The summed E-state index contributed by atoms with van der Waals surface area (Å²) in [4.78, 5) is 12.1. The van der Waals surface area contributed by atoms with Crippen LogP contribution in [0.3, 0.4) is 0 Å². The van der Waals surface area contributed by atoms with Gasteiger partial charge >= 0.3 is 5.97 Å². The van der Waals surface area contributed by atoms with E-state index in [9.17, 15) is 9.90 Å². The summed E-state index contributed by atoms with van der Waals surface area (Å²) in [6, 6.07) is 16.8. The summed E-state index contributed by atoms with van der Waals surface area (Å²) >= 11 is 3.41. The lowest BCUT2D eigenvalue weighted by Gasteiger charge is -2.36. The van der Waals surface area contributed by atoms with Crippen LogP contribution in [0.4, 0.5) is 5.69 Å². The van der Waals surface area contributed by atoms with Crippen LogP contribution in [0.2, 0.25) is 0 Å². The predicted octanol–water partition coefficient (Wildman–Crippen LogP) is 4.50. The zero-order valence-electron chi connectivity index (χ0n) is 12.0. The lowest BCUT2D eigenvalue weighted by molar-refractivity contribution is -0.144. The minimum atomic E-state index is -1.16. The molecule has 2 aromatic rings. The van der Waals surface area contributed by atoms with Gasteiger partial charge in [0.05, 0.1) is 0 Å². The van der Waals surface area contributed by atoms with Crippen LogP contribution in [0.1, 0.15) is 19.4 Å². The number of anilines is 1. The summed E-state index contributed by atoms with van der Waals surface area (Å²) in [6.45, 7) is 3.82. The Bertz CT molecular complexity index is 628. The largest absolute Gasteiger partial charge is 0.479 e. The second-order valence-corrected chi connectivity index (χ2v) is 6.18. The Hall–Kier alpha value is -1.81. The molecule has 4 heteroatoms. The van der Waals surface area contributed by atoms with E-state index < -0.39 is 11.5 Å². The van der Waals surface area contributed by atoms with Crippen molar-refractivity contribution in [3.05, 3.63) is 64.6 Å². The second-order valence-electron chi connectivity index (χ2n) is 5.27. The van der Waals surface area contributed by atoms with Gasteiger partial charge < -0.3 is 10.4 Å². The zero-order valence-corrected chi connectivity index (χ0v) is 13.6. The Morgan fingerprint density at radius 3 is 2.33 bits per heavy atom. The number of carboxylic acids is 1. The average molecular weight is 348 g/mol. The number of rotatable bonds is 5. The molecule has 2 rings (SSSR count). The quantitative estimate of drug-likeness (QED) is 0.837. The highest BCUT2D eigenvalue weighted by Gasteiger charge is 2.43. The molecule has 0 saturated heterocycles. The minimum Gasteiger partial charge on any atom is -0.479 e. The first-order valence-corrected chi connectivity index (χ1v) is 7.59. The molecule has 21 heavy (non-hydrogen) atoms. The maximum Gasteiger partial charge on any atom is 0.334 e. The van der Waals surface area contributed by atoms with Gasteiger partial charge in [0.1, 0.15) is 0 Å². The normalized spacial score (nSPS) is 13.7. The van der Waals surface area contributed by atoms with Crippen molar-refractivity contribution in [1.29, 1.82) is 0 Å². The van der Waals surface area contributed by atoms with Gasteiger partial charge in [0.25, 0.3) is 0 Å². The third kappa shape index (κ3) is 3.10. The Balaban J connectivity index is 2.53. The number of hydrogen-bond donors (Lipinski definition) is 2. The van der Waals surface area contributed by atoms with Gasteiger partial charge in [0.2, 0.25) is 0 Å². The van der Waals surface area contributed by atoms with Crippen molar-refractivity contribution in [3.8, 4) is 0 Å². The number of benzene rings is 2. The second kappa shape index (κ2) is 6.31. The molecule has 1 atom stereocenters. The van der Waals surface area contributed by atoms with E-state index in [2.05, 4.69) is 21.2 Å². The molecule has 0 aliphatic rings. The van der Waals surface area contributed by atoms with Gasteiger partial charge in [-0.15, -0.1) is 0 Å². The summed E-state index contributed by atoms with van der Waals surface area (Å²) in [6.07, 6.45) is 0. The van der Waals surface area contributed by atoms with Crippen molar-refractivity contribution in [2.24, 2.45) is 5.92 Å². The Morgan fingerprint density at radius 2 is 1.81 bits per heavy atom. The Kier molecular flexibility index (Phi) is 4.68. The van der Waals surface area contributed by atoms with Crippen molar-refractivity contribution >= 4 is 27.6 Å². The number of halogens is 1. The van der Waals surface area contributed by atoms with E-state index in [0.717, 1.165) is 15.7 Å². The fourth-order valence-electron chi connectivity index (χ4n) is 2.47. The summed E-state index contributed by atoms with van der Waals surface area (Å²) in [5, 5.41) is 13.1. The minimum absolute atomic E-state index is 0.128. The smallest absolute Gasteiger partial charge is 0.334 e. The number of carbonyl (C=O) groups is 1. The van der Waals surface area contributed by atoms with Crippen LogP contribution in [-0.4, -0.2) is 11.1 Å². The molecule has 0 saturated carbocycles. The fraction of sp³-hybridized carbons (Fsp3) is 0.235. The molecule has 0 spiro atoms. The number of aliphatic carboxylic acids is 1. The van der Waals surface area contributed by atoms with Crippen LogP contribution in [0.15, 0.2) is 59.1 Å². The van der Waals surface area contributed by atoms with Crippen LogP contribution in [0, 0.1) is 5.92 Å². The lowest BCUT2D eigenvalue weighted by Crippen LogP contribution is -2.48. The van der Waals surface area contributed by atoms with Crippen LogP contribution in [-0.2, 0) is 10.3 Å². The van der Waals surface area contributed by atoms with Crippen molar-refractivity contribution in [1.82, 2.24) is 0 Å². The topological polar surface area (TPSA) is 49.3 Å². The van der Waals surface area contributed by atoms with Crippen LogP contribution in [0.25, 0.3) is 0 Å². The molecule has 2 aromatic carbocycles. The summed E-state index contributed by atoms with van der Waals surface area (Å²) in [5.74, 6) is -1.01. The van der Waals surface area contributed by atoms with Crippen LogP contribution in [0.5, 0.6) is 0 Å². The molecule has 1 unspecified atom stereocenters. The van der Waals surface area contributed by atoms with Gasteiger partial charge in [-0.05, 0) is 29.7 Å². The highest BCUT2D eigenvalue weighted by molar-refractivity contribution is 9.10. The van der Waals surface area contributed by atoms with Crippen LogP contribution < -0.4 is 5.32 Å². The summed E-state index contributed by atoms with van der Waals surface area (Å²) in [7, 11) is 0. The van der Waals surface area contributed by atoms with Gasteiger partial charge in [-0.25, -0.2) is 4.79 Å². The highest BCUT2D eigenvalue weighted by Crippen LogP contribution is 2.34. The van der Waals surface area contributed by atoms with E-state index in [1.165, 1.54) is 0 Å². The predicted molar refractivity (Wildman–Crippen MR) is 88.4 cm³/mol. The lowest BCUT2D eigenvalue weighted by atomic mass is 9.79. The zero-order chi connectivity index (χ0) is 15.5. The van der Waals surface area contributed by atoms with E-state index in [1.807, 2.05) is 68.4 Å². The Labute approximate surface area is 133 Å². The number of nitrogens with one attached hydrogen (secondary N) is 1. The van der Waals surface area contributed by atoms with E-state index in [1.54, 1.807) is 0 Å². The van der Waals surface area contributed by atoms with Crippen LogP contribution >= 0.6 is 15.9 Å². The first kappa shape index (κ1) is 15.6. The molecular formula is C17H18BrNO2. The molecule has 0 aliphatic carbocycles. The molecule has 0 heterocycles. The van der Waals surface area contributed by atoms with Crippen molar-refractivity contribution in [2.45, 2.75) is 19.4 Å². The van der Waals surface area contributed by atoms with E-state index in [-0.39, 0.29) is 5.92 Å². The van der Waals surface area contributed by atoms with E-state index >= 15 is 0 Å². The number of carboxylic acid groups (broad SMARTS) is 1. The van der Waals surface area contributed by atoms with Crippen molar-refractivity contribution < 1.29 is 9.90 Å². The standard InChI is InChI=1S/C17H18BrNO2/c1-12(2)17(16(20)21,13-7-4-3-5-8-13)19-15-10-6-9-14(18)11-15/h3-12,19H,1-2H3,(H,20,21). The molecule has 0 aromatic heterocycles. The molecule has 0 aliphatic heterocycles. The van der Waals surface area contributed by atoms with Gasteiger partial charge in [-0.3, -0.25) is 0 Å².